The standard InChI is InChI=1S/C13H17NO5S/c1-9-2-3-10(13(16)17)8-12(9)20(18,19)14-6-4-11(15)5-7-14/h2-3,8,11,15H,4-7H2,1H3,(H,16,17). The lowest BCUT2D eigenvalue weighted by Crippen LogP contribution is -2.40. The van der Waals surface area contributed by atoms with Crippen molar-refractivity contribution in [2.24, 2.45) is 0 Å². The molecule has 0 saturated carbocycles. The van der Waals surface area contributed by atoms with E-state index in [0.717, 1.165) is 0 Å². The van der Waals surface area contributed by atoms with Gasteiger partial charge in [-0.3, -0.25) is 0 Å². The van der Waals surface area contributed by atoms with Gasteiger partial charge in [-0.15, -0.1) is 0 Å². The van der Waals surface area contributed by atoms with Gasteiger partial charge in [-0.2, -0.15) is 4.31 Å². The second-order valence-corrected chi connectivity index (χ2v) is 6.83. The molecule has 0 amide bonds. The van der Waals surface area contributed by atoms with E-state index in [1.54, 1.807) is 6.92 Å². The van der Waals surface area contributed by atoms with Gasteiger partial charge in [0.2, 0.25) is 10.0 Å². The Bertz CT molecular complexity index is 618. The number of carbonyl (C=O) groups is 1. The van der Waals surface area contributed by atoms with Crippen molar-refractivity contribution in [1.82, 2.24) is 4.31 Å². The largest absolute Gasteiger partial charge is 0.478 e. The first-order valence-corrected chi connectivity index (χ1v) is 7.78. The molecule has 2 rings (SSSR count). The molecule has 0 aliphatic carbocycles. The highest BCUT2D eigenvalue weighted by atomic mass is 32.2. The lowest BCUT2D eigenvalue weighted by Gasteiger charge is -2.29. The van der Waals surface area contributed by atoms with Crippen LogP contribution in [0.2, 0.25) is 0 Å². The first kappa shape index (κ1) is 15.0. The van der Waals surface area contributed by atoms with Crippen LogP contribution < -0.4 is 0 Å². The van der Waals surface area contributed by atoms with Gasteiger partial charge >= 0.3 is 5.97 Å². The molecule has 1 aliphatic heterocycles. The van der Waals surface area contributed by atoms with E-state index < -0.39 is 22.1 Å². The summed E-state index contributed by atoms with van der Waals surface area (Å²) in [5, 5.41) is 18.4. The van der Waals surface area contributed by atoms with Crippen LogP contribution in [0.25, 0.3) is 0 Å². The van der Waals surface area contributed by atoms with E-state index in [1.807, 2.05) is 0 Å². The number of aliphatic hydroxyl groups excluding tert-OH is 1. The molecular formula is C13H17NO5S. The SMILES string of the molecule is Cc1ccc(C(=O)O)cc1S(=O)(=O)N1CCC(O)CC1. The molecule has 110 valence electrons. The fourth-order valence-corrected chi connectivity index (χ4v) is 3.95. The van der Waals surface area contributed by atoms with E-state index in [0.29, 0.717) is 18.4 Å². The Hall–Kier alpha value is -1.44. The number of aryl methyl sites for hydroxylation is 1. The monoisotopic (exact) mass is 299 g/mol. The van der Waals surface area contributed by atoms with Crippen molar-refractivity contribution in [3.8, 4) is 0 Å². The van der Waals surface area contributed by atoms with E-state index in [1.165, 1.54) is 22.5 Å². The number of sulfonamides is 1. The molecule has 1 aromatic rings. The molecule has 0 unspecified atom stereocenters. The zero-order valence-electron chi connectivity index (χ0n) is 11.1. The number of benzene rings is 1. The summed E-state index contributed by atoms with van der Waals surface area (Å²) in [5.41, 5.74) is 0.465. The third-order valence-corrected chi connectivity index (χ3v) is 5.52. The minimum Gasteiger partial charge on any atom is -0.478 e. The number of carboxylic acid groups (broad SMARTS) is 1. The van der Waals surface area contributed by atoms with Crippen molar-refractivity contribution < 1.29 is 23.4 Å². The number of rotatable bonds is 3. The molecule has 0 aromatic heterocycles. The predicted molar refractivity (Wildman–Crippen MR) is 72.1 cm³/mol. The molecule has 2 N–H and O–H groups in total. The number of carboxylic acids is 1. The minimum absolute atomic E-state index is 0.0220. The normalized spacial score (nSPS) is 18.1. The molecule has 0 spiro atoms. The van der Waals surface area contributed by atoms with Gasteiger partial charge in [-0.1, -0.05) is 6.07 Å². The van der Waals surface area contributed by atoms with Gasteiger partial charge in [0.1, 0.15) is 0 Å². The number of hydrogen-bond donors (Lipinski definition) is 2. The Morgan fingerprint density at radius 1 is 1.30 bits per heavy atom. The Labute approximate surface area is 117 Å². The van der Waals surface area contributed by atoms with Crippen molar-refractivity contribution in [3.63, 3.8) is 0 Å². The van der Waals surface area contributed by atoms with Crippen LogP contribution in [0.5, 0.6) is 0 Å². The summed E-state index contributed by atoms with van der Waals surface area (Å²) >= 11 is 0. The van der Waals surface area contributed by atoms with Gasteiger partial charge in [-0.25, -0.2) is 13.2 Å². The van der Waals surface area contributed by atoms with Crippen molar-refractivity contribution in [1.29, 1.82) is 0 Å². The van der Waals surface area contributed by atoms with Crippen molar-refractivity contribution in [2.75, 3.05) is 13.1 Å². The van der Waals surface area contributed by atoms with Gasteiger partial charge in [0.25, 0.3) is 0 Å². The highest BCUT2D eigenvalue weighted by molar-refractivity contribution is 7.89. The lowest BCUT2D eigenvalue weighted by atomic mass is 10.1. The number of nitrogens with zero attached hydrogens (tertiary/aromatic N) is 1. The van der Waals surface area contributed by atoms with Crippen LogP contribution in [-0.2, 0) is 10.0 Å². The fourth-order valence-electron chi connectivity index (χ4n) is 2.23. The maximum absolute atomic E-state index is 12.5. The van der Waals surface area contributed by atoms with Crippen LogP contribution >= 0.6 is 0 Å². The van der Waals surface area contributed by atoms with Crippen LogP contribution in [0.3, 0.4) is 0 Å². The third-order valence-electron chi connectivity index (χ3n) is 3.48. The van der Waals surface area contributed by atoms with Crippen molar-refractivity contribution in [3.05, 3.63) is 29.3 Å². The van der Waals surface area contributed by atoms with E-state index in [4.69, 9.17) is 5.11 Å². The summed E-state index contributed by atoms with van der Waals surface area (Å²) < 4.78 is 26.4. The molecular weight excluding hydrogens is 282 g/mol. The average Bonchev–Trinajstić information content (AvgIpc) is 2.39. The lowest BCUT2D eigenvalue weighted by molar-refractivity contribution is 0.0696. The average molecular weight is 299 g/mol. The molecule has 1 heterocycles. The topological polar surface area (TPSA) is 94.9 Å². The molecule has 6 nitrogen and oxygen atoms in total. The molecule has 0 atom stereocenters. The molecule has 1 saturated heterocycles. The van der Waals surface area contributed by atoms with Gasteiger partial charge in [-0.05, 0) is 37.5 Å². The van der Waals surface area contributed by atoms with Gasteiger partial charge in [0.15, 0.2) is 0 Å². The van der Waals surface area contributed by atoms with E-state index in [9.17, 15) is 18.3 Å². The second-order valence-electron chi connectivity index (χ2n) is 4.92. The molecule has 1 aromatic carbocycles. The summed E-state index contributed by atoms with van der Waals surface area (Å²) in [7, 11) is -3.71. The van der Waals surface area contributed by atoms with E-state index in [-0.39, 0.29) is 23.5 Å². The maximum Gasteiger partial charge on any atom is 0.335 e. The quantitative estimate of drug-likeness (QED) is 0.862. The van der Waals surface area contributed by atoms with Crippen LogP contribution in [0.4, 0.5) is 0 Å². The highest BCUT2D eigenvalue weighted by Crippen LogP contribution is 2.24. The second kappa shape index (κ2) is 5.51. The van der Waals surface area contributed by atoms with Crippen LogP contribution in [0.15, 0.2) is 23.1 Å². The Kier molecular flexibility index (Phi) is 4.12. The summed E-state index contributed by atoms with van der Waals surface area (Å²) in [4.78, 5) is 11.0. The van der Waals surface area contributed by atoms with E-state index in [2.05, 4.69) is 0 Å². The highest BCUT2D eigenvalue weighted by Gasteiger charge is 2.30. The Balaban J connectivity index is 2.38. The number of aromatic carboxylic acids is 1. The first-order chi connectivity index (χ1) is 9.32. The van der Waals surface area contributed by atoms with Gasteiger partial charge in [0.05, 0.1) is 16.6 Å². The van der Waals surface area contributed by atoms with Crippen molar-refractivity contribution in [2.45, 2.75) is 30.8 Å². The molecule has 1 fully saturated rings. The van der Waals surface area contributed by atoms with Crippen LogP contribution in [0, 0.1) is 6.92 Å². The van der Waals surface area contributed by atoms with Gasteiger partial charge < -0.3 is 10.2 Å². The van der Waals surface area contributed by atoms with Crippen molar-refractivity contribution >= 4 is 16.0 Å². The summed E-state index contributed by atoms with van der Waals surface area (Å²) in [6, 6.07) is 4.07. The fraction of sp³-hybridized carbons (Fsp3) is 0.462. The summed E-state index contributed by atoms with van der Waals surface area (Å²) in [6.07, 6.45) is 0.334. The molecule has 7 heteroatoms. The summed E-state index contributed by atoms with van der Waals surface area (Å²) in [6.45, 7) is 2.14. The number of piperidine rings is 1. The Morgan fingerprint density at radius 2 is 1.90 bits per heavy atom. The number of hydrogen-bond acceptors (Lipinski definition) is 4. The molecule has 1 aliphatic rings. The zero-order chi connectivity index (χ0) is 14.9. The van der Waals surface area contributed by atoms with E-state index >= 15 is 0 Å². The molecule has 0 bridgehead atoms. The first-order valence-electron chi connectivity index (χ1n) is 6.34. The molecule has 20 heavy (non-hydrogen) atoms. The van der Waals surface area contributed by atoms with Crippen LogP contribution in [0.1, 0.15) is 28.8 Å². The van der Waals surface area contributed by atoms with Gasteiger partial charge in [0, 0.05) is 13.1 Å². The smallest absolute Gasteiger partial charge is 0.335 e. The Morgan fingerprint density at radius 3 is 2.45 bits per heavy atom. The number of aliphatic hydroxyl groups is 1. The van der Waals surface area contributed by atoms with Crippen LogP contribution in [-0.4, -0.2) is 48.1 Å². The maximum atomic E-state index is 12.5. The zero-order valence-corrected chi connectivity index (χ0v) is 11.9. The third kappa shape index (κ3) is 2.84. The molecule has 0 radical (unpaired) electrons. The minimum atomic E-state index is -3.71. The predicted octanol–water partition coefficient (Wildman–Crippen LogP) is 0.839. The summed E-state index contributed by atoms with van der Waals surface area (Å²) in [5.74, 6) is -1.16.